The molecule has 4 aliphatic rings. The summed E-state index contributed by atoms with van der Waals surface area (Å²) in [5, 5.41) is 0. The van der Waals surface area contributed by atoms with E-state index in [0.29, 0.717) is 18.0 Å². The first-order valence-corrected chi connectivity index (χ1v) is 12.2. The summed E-state index contributed by atoms with van der Waals surface area (Å²) >= 11 is 6.63. The molecular formula is C19H25ClO2Si. The summed E-state index contributed by atoms with van der Waals surface area (Å²) in [6.45, 7) is 7.51. The fraction of sp³-hybridized carbons (Fsp3) is 0.632. The molecule has 0 saturated heterocycles. The number of hydrogen-bond donors (Lipinski definition) is 0. The number of halogens is 1. The van der Waals surface area contributed by atoms with Crippen LogP contribution in [-0.4, -0.2) is 13.6 Å². The monoisotopic (exact) mass is 348 g/mol. The lowest BCUT2D eigenvalue weighted by Crippen LogP contribution is -2.40. The van der Waals surface area contributed by atoms with Crippen LogP contribution in [0.2, 0.25) is 12.1 Å². The van der Waals surface area contributed by atoms with Crippen molar-refractivity contribution >= 4 is 24.7 Å². The lowest BCUT2D eigenvalue weighted by molar-refractivity contribution is -0.142. The predicted molar refractivity (Wildman–Crippen MR) is 95.1 cm³/mol. The number of allylic oxidation sites excluding steroid dienone is 4. The van der Waals surface area contributed by atoms with Crippen molar-refractivity contribution in [3.05, 3.63) is 37.5 Å². The van der Waals surface area contributed by atoms with E-state index < -0.39 is 7.63 Å². The fourth-order valence-electron chi connectivity index (χ4n) is 6.14. The van der Waals surface area contributed by atoms with Crippen LogP contribution in [0.15, 0.2) is 37.5 Å². The fourth-order valence-corrected chi connectivity index (χ4v) is 8.73. The molecule has 124 valence electrons. The molecule has 4 rings (SSSR count). The molecule has 0 aromatic rings. The highest BCUT2D eigenvalue weighted by Crippen LogP contribution is 2.67. The molecule has 7 unspecified atom stereocenters. The van der Waals surface area contributed by atoms with E-state index in [1.54, 1.807) is 12.2 Å². The Kier molecular flexibility index (Phi) is 3.84. The highest BCUT2D eigenvalue weighted by atomic mass is 35.6. The van der Waals surface area contributed by atoms with Gasteiger partial charge in [0.1, 0.15) is 0 Å². The van der Waals surface area contributed by atoms with E-state index in [1.807, 2.05) is 0 Å². The molecule has 0 aromatic heterocycles. The summed E-state index contributed by atoms with van der Waals surface area (Å²) < 4.78 is 5.89. The van der Waals surface area contributed by atoms with Gasteiger partial charge < -0.3 is 4.43 Å². The van der Waals surface area contributed by atoms with Crippen LogP contribution in [0.3, 0.4) is 0 Å². The van der Waals surface area contributed by atoms with Gasteiger partial charge in [0.05, 0.1) is 5.92 Å². The molecule has 3 saturated carbocycles. The molecule has 2 nitrogen and oxygen atoms in total. The van der Waals surface area contributed by atoms with E-state index in [0.717, 1.165) is 36.0 Å². The Hall–Kier alpha value is -0.803. The Morgan fingerprint density at radius 1 is 1.13 bits per heavy atom. The van der Waals surface area contributed by atoms with Crippen LogP contribution < -0.4 is 0 Å². The quantitative estimate of drug-likeness (QED) is 0.301. The predicted octanol–water partition coefficient (Wildman–Crippen LogP) is 4.68. The van der Waals surface area contributed by atoms with Crippen molar-refractivity contribution < 1.29 is 9.22 Å². The van der Waals surface area contributed by atoms with Crippen molar-refractivity contribution in [2.75, 3.05) is 0 Å². The van der Waals surface area contributed by atoms with Gasteiger partial charge in [0.15, 0.2) is 0 Å². The maximum atomic E-state index is 12.8. The first kappa shape index (κ1) is 15.7. The average Bonchev–Trinajstić information content (AvgIpc) is 3.25. The van der Waals surface area contributed by atoms with E-state index in [1.165, 1.54) is 12.8 Å². The molecule has 7 atom stereocenters. The first-order valence-electron chi connectivity index (χ1n) is 8.88. The highest BCUT2D eigenvalue weighted by molar-refractivity contribution is 7.17. The molecule has 23 heavy (non-hydrogen) atoms. The second-order valence-corrected chi connectivity index (χ2v) is 12.7. The molecule has 3 fully saturated rings. The normalized spacial score (nSPS) is 42.7. The van der Waals surface area contributed by atoms with Crippen molar-refractivity contribution in [2.45, 2.75) is 31.4 Å². The minimum Gasteiger partial charge on any atom is -0.503 e. The maximum Gasteiger partial charge on any atom is 0.358 e. The molecular weight excluding hydrogens is 324 g/mol. The molecule has 0 aliphatic heterocycles. The van der Waals surface area contributed by atoms with Crippen LogP contribution in [0, 0.1) is 41.4 Å². The second kappa shape index (κ2) is 5.63. The summed E-state index contributed by atoms with van der Waals surface area (Å²) in [5.41, 5.74) is 0. The van der Waals surface area contributed by atoms with Gasteiger partial charge in [0.25, 0.3) is 5.97 Å². The van der Waals surface area contributed by atoms with Crippen molar-refractivity contribution in [2.24, 2.45) is 41.4 Å². The molecule has 4 aliphatic carbocycles. The third-order valence-corrected chi connectivity index (χ3v) is 10.3. The van der Waals surface area contributed by atoms with Crippen LogP contribution in [0.4, 0.5) is 0 Å². The SMILES string of the molecule is C=CC[Si](Cl)(CC=C)OC(=O)C1CC2CC1C1C3C=CC(C3)C21. The van der Waals surface area contributed by atoms with Gasteiger partial charge in [-0.3, -0.25) is 4.79 Å². The zero-order chi connectivity index (χ0) is 16.2. The van der Waals surface area contributed by atoms with Crippen LogP contribution in [0.25, 0.3) is 0 Å². The van der Waals surface area contributed by atoms with E-state index in [9.17, 15) is 4.79 Å². The third kappa shape index (κ3) is 2.39. The molecule has 4 heteroatoms. The number of carbonyl (C=O) groups is 1. The van der Waals surface area contributed by atoms with Crippen LogP contribution in [-0.2, 0) is 9.22 Å². The topological polar surface area (TPSA) is 26.3 Å². The minimum absolute atomic E-state index is 0.0342. The maximum absolute atomic E-state index is 12.8. The molecule has 0 spiro atoms. The van der Waals surface area contributed by atoms with Crippen LogP contribution >= 0.6 is 11.1 Å². The summed E-state index contributed by atoms with van der Waals surface area (Å²) in [5.74, 6) is 4.38. The van der Waals surface area contributed by atoms with Gasteiger partial charge in [0, 0.05) is 12.1 Å². The lowest BCUT2D eigenvalue weighted by Gasteiger charge is -2.36. The van der Waals surface area contributed by atoms with E-state index in [2.05, 4.69) is 25.3 Å². The average molecular weight is 349 g/mol. The number of fused-ring (bicyclic) bond motifs is 9. The largest absolute Gasteiger partial charge is 0.503 e. The number of hydrogen-bond acceptors (Lipinski definition) is 2. The Morgan fingerprint density at radius 2 is 1.78 bits per heavy atom. The van der Waals surface area contributed by atoms with Gasteiger partial charge in [0.2, 0.25) is 0 Å². The second-order valence-electron chi connectivity index (χ2n) is 7.89. The van der Waals surface area contributed by atoms with Gasteiger partial charge in [-0.1, -0.05) is 24.3 Å². The number of rotatable bonds is 6. The first-order chi connectivity index (χ1) is 11.1. The summed E-state index contributed by atoms with van der Waals surface area (Å²) in [6.07, 6.45) is 12.0. The molecule has 0 heterocycles. The van der Waals surface area contributed by atoms with Gasteiger partial charge in [-0.2, -0.15) is 0 Å². The summed E-state index contributed by atoms with van der Waals surface area (Å²) in [7, 11) is -2.59. The van der Waals surface area contributed by atoms with Gasteiger partial charge >= 0.3 is 7.63 Å². The third-order valence-electron chi connectivity index (χ3n) is 6.75. The Labute approximate surface area is 144 Å². The Balaban J connectivity index is 1.47. The van der Waals surface area contributed by atoms with E-state index >= 15 is 0 Å². The van der Waals surface area contributed by atoms with Crippen molar-refractivity contribution in [3.63, 3.8) is 0 Å². The van der Waals surface area contributed by atoms with Crippen molar-refractivity contribution in [3.8, 4) is 0 Å². The van der Waals surface area contributed by atoms with E-state index in [4.69, 9.17) is 15.5 Å². The lowest BCUT2D eigenvalue weighted by atomic mass is 9.69. The van der Waals surface area contributed by atoms with Gasteiger partial charge in [-0.25, -0.2) is 0 Å². The standard InChI is InChI=1S/C19H25ClO2Si/c1-3-7-23(20,8-4-2)22-19(21)16-11-14-10-15(16)18-13-6-5-12(9-13)17(14)18/h3-6,12-18H,1-2,7-11H2. The zero-order valence-corrected chi connectivity index (χ0v) is 15.3. The molecule has 0 aromatic carbocycles. The molecule has 0 N–H and O–H groups in total. The molecule has 4 bridgehead atoms. The Bertz CT molecular complexity index is 562. The smallest absolute Gasteiger partial charge is 0.358 e. The van der Waals surface area contributed by atoms with Crippen LogP contribution in [0.5, 0.6) is 0 Å². The van der Waals surface area contributed by atoms with Gasteiger partial charge in [-0.15, -0.1) is 24.2 Å². The Morgan fingerprint density at radius 3 is 2.43 bits per heavy atom. The molecule has 0 amide bonds. The summed E-state index contributed by atoms with van der Waals surface area (Å²) in [4.78, 5) is 12.8. The van der Waals surface area contributed by atoms with Crippen LogP contribution in [0.1, 0.15) is 19.3 Å². The van der Waals surface area contributed by atoms with E-state index in [-0.39, 0.29) is 11.9 Å². The minimum atomic E-state index is -2.59. The number of carbonyl (C=O) groups excluding carboxylic acids is 1. The highest BCUT2D eigenvalue weighted by Gasteiger charge is 2.62. The van der Waals surface area contributed by atoms with Gasteiger partial charge in [-0.05, 0) is 54.8 Å². The van der Waals surface area contributed by atoms with Crippen molar-refractivity contribution in [1.82, 2.24) is 0 Å². The molecule has 0 radical (unpaired) electrons. The van der Waals surface area contributed by atoms with Crippen molar-refractivity contribution in [1.29, 1.82) is 0 Å². The summed E-state index contributed by atoms with van der Waals surface area (Å²) in [6, 6.07) is 1.18. The zero-order valence-electron chi connectivity index (χ0n) is 13.5.